The Labute approximate surface area is 131 Å². The van der Waals surface area contributed by atoms with Gasteiger partial charge in [0.1, 0.15) is 0 Å². The molecule has 1 heterocycles. The highest BCUT2D eigenvalue weighted by atomic mass is 79.9. The van der Waals surface area contributed by atoms with Gasteiger partial charge in [-0.3, -0.25) is 4.79 Å². The van der Waals surface area contributed by atoms with Crippen LogP contribution in [0.25, 0.3) is 0 Å². The number of benzene rings is 1. The number of carbonyl (C=O) groups excluding carboxylic acids is 1. The van der Waals surface area contributed by atoms with Gasteiger partial charge in [-0.15, -0.1) is 0 Å². The Morgan fingerprint density at radius 3 is 2.42 bits per heavy atom. The predicted octanol–water partition coefficient (Wildman–Crippen LogP) is 3.28. The molecule has 1 aromatic carbocycles. The van der Waals surface area contributed by atoms with E-state index in [9.17, 15) is 4.79 Å². The lowest BCUT2D eigenvalue weighted by molar-refractivity contribution is 0.0939. The highest BCUT2D eigenvalue weighted by Gasteiger charge is 2.17. The first-order chi connectivity index (χ1) is 9.04. The molecule has 0 aromatic heterocycles. The van der Waals surface area contributed by atoms with Gasteiger partial charge in [-0.25, -0.2) is 0 Å². The molecule has 0 radical (unpaired) electrons. The normalized spacial score (nSPS) is 17.4. The number of hydrogen-bond acceptors (Lipinski definition) is 2. The summed E-state index contributed by atoms with van der Waals surface area (Å²) in [6, 6.07) is 5.61. The number of carbonyl (C=O) groups is 1. The Bertz CT molecular complexity index is 437. The SMILES string of the molecule is CN1CCC(CNC(=O)c2cc(Br)cc(Br)c2)CC1. The fourth-order valence-corrected chi connectivity index (χ4v) is 3.58. The maximum Gasteiger partial charge on any atom is 0.251 e. The van der Waals surface area contributed by atoms with Crippen molar-refractivity contribution < 1.29 is 4.79 Å². The summed E-state index contributed by atoms with van der Waals surface area (Å²) in [6.07, 6.45) is 2.33. The molecule has 1 amide bonds. The molecule has 0 aliphatic carbocycles. The molecular formula is C14H18Br2N2O. The van der Waals surface area contributed by atoms with Gasteiger partial charge < -0.3 is 10.2 Å². The standard InChI is InChI=1S/C14H18Br2N2O/c1-18-4-2-10(3-5-18)9-17-14(19)11-6-12(15)8-13(16)7-11/h6-8,10H,2-5,9H2,1H3,(H,17,19). The van der Waals surface area contributed by atoms with E-state index in [4.69, 9.17) is 0 Å². The first-order valence-corrected chi connectivity index (χ1v) is 8.06. The number of hydrogen-bond donors (Lipinski definition) is 1. The molecule has 0 spiro atoms. The third kappa shape index (κ3) is 4.58. The second-order valence-electron chi connectivity index (χ2n) is 5.11. The van der Waals surface area contributed by atoms with Crippen LogP contribution in [0.15, 0.2) is 27.1 Å². The molecule has 1 saturated heterocycles. The minimum absolute atomic E-state index is 0.000859. The van der Waals surface area contributed by atoms with Gasteiger partial charge in [0.25, 0.3) is 5.91 Å². The van der Waals surface area contributed by atoms with Gasteiger partial charge >= 0.3 is 0 Å². The van der Waals surface area contributed by atoms with Crippen molar-refractivity contribution in [2.45, 2.75) is 12.8 Å². The van der Waals surface area contributed by atoms with E-state index in [1.54, 1.807) is 0 Å². The highest BCUT2D eigenvalue weighted by Crippen LogP contribution is 2.20. The summed E-state index contributed by atoms with van der Waals surface area (Å²) in [4.78, 5) is 14.4. The average molecular weight is 390 g/mol. The van der Waals surface area contributed by atoms with Crippen molar-refractivity contribution in [3.05, 3.63) is 32.7 Å². The lowest BCUT2D eigenvalue weighted by atomic mass is 9.97. The summed E-state index contributed by atoms with van der Waals surface area (Å²) >= 11 is 6.80. The fourth-order valence-electron chi connectivity index (χ4n) is 2.29. The predicted molar refractivity (Wildman–Crippen MR) is 84.4 cm³/mol. The average Bonchev–Trinajstić information content (AvgIpc) is 2.36. The van der Waals surface area contributed by atoms with E-state index in [0.717, 1.165) is 28.6 Å². The Balaban J connectivity index is 1.87. The van der Waals surface area contributed by atoms with Crippen LogP contribution in [0.5, 0.6) is 0 Å². The molecule has 104 valence electrons. The number of halogens is 2. The summed E-state index contributed by atoms with van der Waals surface area (Å²) < 4.78 is 1.82. The van der Waals surface area contributed by atoms with E-state index in [1.165, 1.54) is 12.8 Å². The number of nitrogens with zero attached hydrogens (tertiary/aromatic N) is 1. The van der Waals surface area contributed by atoms with E-state index in [2.05, 4.69) is 49.1 Å². The van der Waals surface area contributed by atoms with Gasteiger partial charge in [0.2, 0.25) is 0 Å². The zero-order valence-electron chi connectivity index (χ0n) is 11.0. The molecular weight excluding hydrogens is 372 g/mol. The van der Waals surface area contributed by atoms with E-state index >= 15 is 0 Å². The molecule has 0 bridgehead atoms. The molecule has 0 atom stereocenters. The number of piperidine rings is 1. The minimum atomic E-state index is 0.000859. The van der Waals surface area contributed by atoms with Crippen LogP contribution in [0, 0.1) is 5.92 Å². The Hall–Kier alpha value is -0.390. The first kappa shape index (κ1) is 15.0. The molecule has 1 N–H and O–H groups in total. The summed E-state index contributed by atoms with van der Waals surface area (Å²) in [5.74, 6) is 0.608. The summed E-state index contributed by atoms with van der Waals surface area (Å²) in [5, 5.41) is 3.04. The monoisotopic (exact) mass is 388 g/mol. The lowest BCUT2D eigenvalue weighted by Gasteiger charge is -2.28. The van der Waals surface area contributed by atoms with Gasteiger partial charge in [-0.05, 0) is 57.1 Å². The summed E-state index contributed by atoms with van der Waals surface area (Å²) in [6.45, 7) is 3.03. The Morgan fingerprint density at radius 1 is 1.26 bits per heavy atom. The summed E-state index contributed by atoms with van der Waals surface area (Å²) in [7, 11) is 2.15. The molecule has 1 aliphatic rings. The zero-order valence-corrected chi connectivity index (χ0v) is 14.1. The Morgan fingerprint density at radius 2 is 1.84 bits per heavy atom. The zero-order chi connectivity index (χ0) is 13.8. The molecule has 2 rings (SSSR count). The van der Waals surface area contributed by atoms with Crippen molar-refractivity contribution in [3.8, 4) is 0 Å². The van der Waals surface area contributed by atoms with Crippen LogP contribution in [0.3, 0.4) is 0 Å². The van der Waals surface area contributed by atoms with E-state index in [0.29, 0.717) is 11.5 Å². The van der Waals surface area contributed by atoms with Crippen LogP contribution in [0.2, 0.25) is 0 Å². The summed E-state index contributed by atoms with van der Waals surface area (Å²) in [5.41, 5.74) is 0.689. The third-order valence-electron chi connectivity index (χ3n) is 3.51. The minimum Gasteiger partial charge on any atom is -0.352 e. The van der Waals surface area contributed by atoms with Gasteiger partial charge in [-0.1, -0.05) is 31.9 Å². The van der Waals surface area contributed by atoms with Crippen molar-refractivity contribution in [1.29, 1.82) is 0 Å². The first-order valence-electron chi connectivity index (χ1n) is 6.47. The number of likely N-dealkylation sites (tertiary alicyclic amines) is 1. The maximum absolute atomic E-state index is 12.1. The molecule has 1 fully saturated rings. The number of amides is 1. The van der Waals surface area contributed by atoms with Crippen LogP contribution in [-0.4, -0.2) is 37.5 Å². The molecule has 5 heteroatoms. The largest absolute Gasteiger partial charge is 0.352 e. The van der Waals surface area contributed by atoms with Crippen LogP contribution in [0.1, 0.15) is 23.2 Å². The molecule has 1 aromatic rings. The van der Waals surface area contributed by atoms with E-state index in [1.807, 2.05) is 18.2 Å². The molecule has 3 nitrogen and oxygen atoms in total. The van der Waals surface area contributed by atoms with E-state index in [-0.39, 0.29) is 5.91 Å². The number of rotatable bonds is 3. The van der Waals surface area contributed by atoms with Crippen LogP contribution < -0.4 is 5.32 Å². The topological polar surface area (TPSA) is 32.3 Å². The van der Waals surface area contributed by atoms with E-state index < -0.39 is 0 Å². The van der Waals surface area contributed by atoms with Crippen molar-refractivity contribution in [3.63, 3.8) is 0 Å². The van der Waals surface area contributed by atoms with Crippen LogP contribution in [-0.2, 0) is 0 Å². The maximum atomic E-state index is 12.1. The van der Waals surface area contributed by atoms with Crippen molar-refractivity contribution in [1.82, 2.24) is 10.2 Å². The fraction of sp³-hybridized carbons (Fsp3) is 0.500. The van der Waals surface area contributed by atoms with Crippen LogP contribution in [0.4, 0.5) is 0 Å². The van der Waals surface area contributed by atoms with Gasteiger partial charge in [0.15, 0.2) is 0 Å². The highest BCUT2D eigenvalue weighted by molar-refractivity contribution is 9.11. The smallest absolute Gasteiger partial charge is 0.251 e. The quantitative estimate of drug-likeness (QED) is 0.860. The van der Waals surface area contributed by atoms with Crippen LogP contribution >= 0.6 is 31.9 Å². The van der Waals surface area contributed by atoms with Gasteiger partial charge in [-0.2, -0.15) is 0 Å². The second kappa shape index (κ2) is 6.86. The molecule has 0 unspecified atom stereocenters. The van der Waals surface area contributed by atoms with Gasteiger partial charge in [0, 0.05) is 21.1 Å². The molecule has 19 heavy (non-hydrogen) atoms. The van der Waals surface area contributed by atoms with Crippen molar-refractivity contribution in [2.24, 2.45) is 5.92 Å². The Kier molecular flexibility index (Phi) is 5.42. The van der Waals surface area contributed by atoms with Crippen molar-refractivity contribution >= 4 is 37.8 Å². The molecule has 1 aliphatic heterocycles. The second-order valence-corrected chi connectivity index (χ2v) is 6.95. The van der Waals surface area contributed by atoms with Gasteiger partial charge in [0.05, 0.1) is 0 Å². The lowest BCUT2D eigenvalue weighted by Crippen LogP contribution is -2.36. The third-order valence-corrected chi connectivity index (χ3v) is 4.43. The molecule has 0 saturated carbocycles. The van der Waals surface area contributed by atoms with Crippen molar-refractivity contribution in [2.75, 3.05) is 26.7 Å². The number of nitrogens with one attached hydrogen (secondary N) is 1.